The van der Waals surface area contributed by atoms with E-state index in [0.717, 1.165) is 12.8 Å². The van der Waals surface area contributed by atoms with Gasteiger partial charge in [-0.1, -0.05) is 13.3 Å². The van der Waals surface area contributed by atoms with Gasteiger partial charge in [-0.05, 0) is 46.0 Å². The van der Waals surface area contributed by atoms with E-state index in [1.54, 1.807) is 0 Å². The normalized spacial score (nSPS) is 24.6. The highest BCUT2D eigenvalue weighted by Crippen LogP contribution is 2.29. The van der Waals surface area contributed by atoms with Gasteiger partial charge in [0.25, 0.3) is 0 Å². The number of hydrogen-bond donors (Lipinski definition) is 2. The van der Waals surface area contributed by atoms with Gasteiger partial charge in [-0.2, -0.15) is 0 Å². The summed E-state index contributed by atoms with van der Waals surface area (Å²) < 4.78 is 0. The van der Waals surface area contributed by atoms with Crippen LogP contribution in [-0.2, 0) is 9.59 Å². The molecular formula is C14H25NO3. The Morgan fingerprint density at radius 1 is 1.17 bits per heavy atom. The molecule has 1 rings (SSSR count). The quantitative estimate of drug-likeness (QED) is 0.793. The molecule has 0 aromatic carbocycles. The van der Waals surface area contributed by atoms with E-state index in [4.69, 9.17) is 5.11 Å². The maximum Gasteiger partial charge on any atom is 0.306 e. The highest BCUT2D eigenvalue weighted by Gasteiger charge is 2.31. The molecule has 0 atom stereocenters. The summed E-state index contributed by atoms with van der Waals surface area (Å²) in [5.74, 6) is -0.883. The van der Waals surface area contributed by atoms with Crippen LogP contribution in [0.3, 0.4) is 0 Å². The Bertz CT molecular complexity index is 304. The molecule has 0 unspecified atom stereocenters. The highest BCUT2D eigenvalue weighted by atomic mass is 16.4. The van der Waals surface area contributed by atoms with E-state index in [0.29, 0.717) is 25.7 Å². The first-order chi connectivity index (χ1) is 8.35. The van der Waals surface area contributed by atoms with Crippen molar-refractivity contribution in [2.45, 2.75) is 64.8 Å². The fourth-order valence-corrected chi connectivity index (χ4v) is 2.73. The van der Waals surface area contributed by atoms with Crippen LogP contribution in [-0.4, -0.2) is 22.5 Å². The predicted octanol–water partition coefficient (Wildman–Crippen LogP) is 2.57. The van der Waals surface area contributed by atoms with Gasteiger partial charge < -0.3 is 10.4 Å². The van der Waals surface area contributed by atoms with Crippen molar-refractivity contribution in [2.75, 3.05) is 0 Å². The van der Waals surface area contributed by atoms with E-state index in [-0.39, 0.29) is 23.3 Å². The van der Waals surface area contributed by atoms with Crippen LogP contribution in [0, 0.1) is 11.8 Å². The zero-order valence-electron chi connectivity index (χ0n) is 11.7. The summed E-state index contributed by atoms with van der Waals surface area (Å²) in [7, 11) is 0. The monoisotopic (exact) mass is 255 g/mol. The lowest BCUT2D eigenvalue weighted by atomic mass is 9.81. The van der Waals surface area contributed by atoms with Crippen molar-refractivity contribution < 1.29 is 14.7 Å². The Labute approximate surface area is 109 Å². The van der Waals surface area contributed by atoms with Crippen LogP contribution in [0.5, 0.6) is 0 Å². The smallest absolute Gasteiger partial charge is 0.306 e. The molecule has 0 saturated heterocycles. The van der Waals surface area contributed by atoms with Gasteiger partial charge in [-0.3, -0.25) is 9.59 Å². The summed E-state index contributed by atoms with van der Waals surface area (Å²) in [5, 5.41) is 12.0. The molecule has 18 heavy (non-hydrogen) atoms. The molecule has 0 spiro atoms. The molecule has 1 aliphatic carbocycles. The van der Waals surface area contributed by atoms with E-state index in [1.165, 1.54) is 0 Å². The fraction of sp³-hybridized carbons (Fsp3) is 0.857. The summed E-state index contributed by atoms with van der Waals surface area (Å²) in [6.07, 6.45) is 4.65. The Morgan fingerprint density at radius 2 is 1.67 bits per heavy atom. The van der Waals surface area contributed by atoms with Gasteiger partial charge >= 0.3 is 5.97 Å². The molecule has 2 N–H and O–H groups in total. The van der Waals surface area contributed by atoms with E-state index in [9.17, 15) is 9.59 Å². The first kappa shape index (κ1) is 15.0. The summed E-state index contributed by atoms with van der Waals surface area (Å²) in [6.45, 7) is 6.18. The minimum atomic E-state index is -0.722. The van der Waals surface area contributed by atoms with Crippen molar-refractivity contribution in [2.24, 2.45) is 11.8 Å². The largest absolute Gasteiger partial charge is 0.481 e. The van der Waals surface area contributed by atoms with E-state index >= 15 is 0 Å². The van der Waals surface area contributed by atoms with Crippen molar-refractivity contribution in [3.8, 4) is 0 Å². The second-order valence-corrected chi connectivity index (χ2v) is 6.01. The van der Waals surface area contributed by atoms with Crippen molar-refractivity contribution in [3.63, 3.8) is 0 Å². The highest BCUT2D eigenvalue weighted by molar-refractivity contribution is 5.80. The Morgan fingerprint density at radius 3 is 2.11 bits per heavy atom. The van der Waals surface area contributed by atoms with Crippen LogP contribution < -0.4 is 5.32 Å². The van der Waals surface area contributed by atoms with E-state index in [1.807, 2.05) is 13.8 Å². The van der Waals surface area contributed by atoms with Gasteiger partial charge in [0.05, 0.1) is 5.92 Å². The first-order valence-corrected chi connectivity index (χ1v) is 6.90. The maximum atomic E-state index is 12.1. The van der Waals surface area contributed by atoms with Gasteiger partial charge in [-0.15, -0.1) is 0 Å². The molecule has 1 aliphatic rings. The zero-order chi connectivity index (χ0) is 13.8. The summed E-state index contributed by atoms with van der Waals surface area (Å²) in [5.41, 5.74) is -0.157. The number of carboxylic acid groups (broad SMARTS) is 1. The van der Waals surface area contributed by atoms with Gasteiger partial charge in [-0.25, -0.2) is 0 Å². The first-order valence-electron chi connectivity index (χ1n) is 6.90. The second-order valence-electron chi connectivity index (χ2n) is 6.01. The molecule has 0 aromatic rings. The number of nitrogens with one attached hydrogen (secondary N) is 1. The molecule has 4 nitrogen and oxygen atoms in total. The van der Waals surface area contributed by atoms with E-state index < -0.39 is 5.97 Å². The van der Waals surface area contributed by atoms with Gasteiger partial charge in [0.2, 0.25) is 5.91 Å². The van der Waals surface area contributed by atoms with Gasteiger partial charge in [0, 0.05) is 11.5 Å². The molecular weight excluding hydrogens is 230 g/mol. The third-order valence-corrected chi connectivity index (χ3v) is 3.78. The van der Waals surface area contributed by atoms with Crippen molar-refractivity contribution in [3.05, 3.63) is 0 Å². The third kappa shape index (κ3) is 4.31. The molecule has 0 aliphatic heterocycles. The number of carbonyl (C=O) groups excluding carboxylic acids is 1. The van der Waals surface area contributed by atoms with E-state index in [2.05, 4.69) is 12.2 Å². The molecule has 0 radical (unpaired) electrons. The number of carbonyl (C=O) groups is 2. The molecule has 0 aromatic heterocycles. The number of carboxylic acids is 1. The maximum absolute atomic E-state index is 12.1. The summed E-state index contributed by atoms with van der Waals surface area (Å²) in [4.78, 5) is 23.0. The second kappa shape index (κ2) is 6.21. The standard InChI is InChI=1S/C14H25NO3/c1-4-9-14(2,3)15-12(16)10-5-7-11(8-6-10)13(17)18/h10-11H,4-9H2,1-3H3,(H,15,16)(H,17,18). The zero-order valence-corrected chi connectivity index (χ0v) is 11.7. The number of aliphatic carboxylic acids is 1. The summed E-state index contributed by atoms with van der Waals surface area (Å²) >= 11 is 0. The topological polar surface area (TPSA) is 66.4 Å². The SMILES string of the molecule is CCCC(C)(C)NC(=O)C1CCC(C(=O)O)CC1. The van der Waals surface area contributed by atoms with Gasteiger partial charge in [0.15, 0.2) is 0 Å². The lowest BCUT2D eigenvalue weighted by Crippen LogP contribution is -2.46. The van der Waals surface area contributed by atoms with Crippen LogP contribution in [0.1, 0.15) is 59.3 Å². The Hall–Kier alpha value is -1.06. The van der Waals surface area contributed by atoms with Crippen molar-refractivity contribution in [1.82, 2.24) is 5.32 Å². The molecule has 0 bridgehead atoms. The van der Waals surface area contributed by atoms with Gasteiger partial charge in [0.1, 0.15) is 0 Å². The van der Waals surface area contributed by atoms with Crippen LogP contribution in [0.4, 0.5) is 0 Å². The molecule has 4 heteroatoms. The number of amides is 1. The minimum Gasteiger partial charge on any atom is -0.481 e. The van der Waals surface area contributed by atoms with Crippen LogP contribution in [0.15, 0.2) is 0 Å². The summed E-state index contributed by atoms with van der Waals surface area (Å²) in [6, 6.07) is 0. The average molecular weight is 255 g/mol. The molecule has 1 saturated carbocycles. The average Bonchev–Trinajstić information content (AvgIpc) is 2.28. The van der Waals surface area contributed by atoms with Crippen molar-refractivity contribution in [1.29, 1.82) is 0 Å². The van der Waals surface area contributed by atoms with Crippen LogP contribution in [0.2, 0.25) is 0 Å². The molecule has 1 amide bonds. The fourth-order valence-electron chi connectivity index (χ4n) is 2.73. The Balaban J connectivity index is 2.43. The predicted molar refractivity (Wildman–Crippen MR) is 70.2 cm³/mol. The number of hydrogen-bond acceptors (Lipinski definition) is 2. The third-order valence-electron chi connectivity index (χ3n) is 3.78. The lowest BCUT2D eigenvalue weighted by Gasteiger charge is -2.31. The Kier molecular flexibility index (Phi) is 5.17. The lowest BCUT2D eigenvalue weighted by molar-refractivity contribution is -0.144. The van der Waals surface area contributed by atoms with Crippen LogP contribution >= 0.6 is 0 Å². The molecule has 0 heterocycles. The minimum absolute atomic E-state index is 0.00303. The number of rotatable bonds is 5. The van der Waals surface area contributed by atoms with Crippen LogP contribution in [0.25, 0.3) is 0 Å². The van der Waals surface area contributed by atoms with Crippen molar-refractivity contribution >= 4 is 11.9 Å². The molecule has 1 fully saturated rings. The molecule has 104 valence electrons.